The molecule has 5 nitrogen and oxygen atoms in total. The molecule has 2 heterocycles. The van der Waals surface area contributed by atoms with Crippen LogP contribution in [-0.4, -0.2) is 53.4 Å². The van der Waals surface area contributed by atoms with Gasteiger partial charge in [-0.25, -0.2) is 4.98 Å². The molecule has 1 saturated carbocycles. The van der Waals surface area contributed by atoms with Crippen molar-refractivity contribution in [3.05, 3.63) is 29.0 Å². The van der Waals surface area contributed by atoms with Gasteiger partial charge in [0.25, 0.3) is 5.91 Å². The summed E-state index contributed by atoms with van der Waals surface area (Å²) in [7, 11) is 0. The van der Waals surface area contributed by atoms with Crippen molar-refractivity contribution in [3.63, 3.8) is 0 Å². The molecular weight excluding hydrogens is 326 g/mol. The largest absolute Gasteiger partial charge is 0.436 e. The highest BCUT2D eigenvalue weighted by atomic mass is 16.4. The number of hydrogen-bond acceptors (Lipinski definition) is 4. The predicted octanol–water partition coefficient (Wildman–Crippen LogP) is 3.43. The highest BCUT2D eigenvalue weighted by Crippen LogP contribution is 2.59. The van der Waals surface area contributed by atoms with Crippen molar-refractivity contribution in [2.45, 2.75) is 47.0 Å². The first-order valence-electron chi connectivity index (χ1n) is 10.0. The molecule has 142 valence electrons. The standard InChI is InChI=1S/C21H31N3O2/c1-14-19(26-15(2)22-14)20(25)24-9-5-8-23(10-11-24)13-16-6-7-17-12-18(16)21(17,3)4/h6,17-18H,5,7-13H2,1-4H3/t17-,18-/m0/s1. The highest BCUT2D eigenvalue weighted by molar-refractivity contribution is 5.92. The first kappa shape index (κ1) is 17.8. The molecule has 2 fully saturated rings. The Kier molecular flexibility index (Phi) is 4.46. The zero-order valence-electron chi connectivity index (χ0n) is 16.5. The van der Waals surface area contributed by atoms with Crippen LogP contribution in [0.5, 0.6) is 0 Å². The SMILES string of the molecule is Cc1nc(C)c(C(=O)N2CCCN(CC3=CC[C@H]4C[C@@H]3C4(C)C)CC2)o1. The van der Waals surface area contributed by atoms with E-state index >= 15 is 0 Å². The zero-order chi connectivity index (χ0) is 18.5. The first-order chi connectivity index (χ1) is 12.4. The highest BCUT2D eigenvalue weighted by Gasteiger charge is 2.51. The smallest absolute Gasteiger partial charge is 0.291 e. The van der Waals surface area contributed by atoms with Crippen molar-refractivity contribution in [1.29, 1.82) is 0 Å². The number of aryl methyl sites for hydroxylation is 2. The van der Waals surface area contributed by atoms with Crippen LogP contribution in [-0.2, 0) is 0 Å². The molecule has 5 rings (SSSR count). The zero-order valence-corrected chi connectivity index (χ0v) is 16.5. The first-order valence-corrected chi connectivity index (χ1v) is 10.0. The van der Waals surface area contributed by atoms with Gasteiger partial charge in [-0.2, -0.15) is 0 Å². The molecule has 2 atom stereocenters. The minimum atomic E-state index is -0.00944. The van der Waals surface area contributed by atoms with E-state index in [-0.39, 0.29) is 5.91 Å². The number of aromatic nitrogens is 1. The van der Waals surface area contributed by atoms with Crippen molar-refractivity contribution < 1.29 is 9.21 Å². The minimum absolute atomic E-state index is 0.00944. The van der Waals surface area contributed by atoms with Crippen molar-refractivity contribution in [1.82, 2.24) is 14.8 Å². The van der Waals surface area contributed by atoms with Crippen LogP contribution < -0.4 is 0 Å². The minimum Gasteiger partial charge on any atom is -0.436 e. The van der Waals surface area contributed by atoms with Crippen molar-refractivity contribution in [3.8, 4) is 0 Å². The molecule has 1 aromatic rings. The summed E-state index contributed by atoms with van der Waals surface area (Å²) < 4.78 is 5.54. The van der Waals surface area contributed by atoms with Crippen LogP contribution in [0.15, 0.2) is 16.1 Å². The molecule has 26 heavy (non-hydrogen) atoms. The van der Waals surface area contributed by atoms with E-state index < -0.39 is 0 Å². The normalized spacial score (nSPS) is 28.3. The van der Waals surface area contributed by atoms with Gasteiger partial charge < -0.3 is 9.32 Å². The van der Waals surface area contributed by atoms with Gasteiger partial charge in [0.1, 0.15) is 0 Å². The van der Waals surface area contributed by atoms with E-state index in [1.165, 1.54) is 12.8 Å². The van der Waals surface area contributed by atoms with Gasteiger partial charge in [-0.05, 0) is 43.4 Å². The van der Waals surface area contributed by atoms with Gasteiger partial charge in [-0.1, -0.05) is 25.5 Å². The molecular formula is C21H31N3O2. The number of allylic oxidation sites excluding steroid dienone is 1. The van der Waals surface area contributed by atoms with Gasteiger partial charge in [-0.3, -0.25) is 9.69 Å². The summed E-state index contributed by atoms with van der Waals surface area (Å²) in [5.74, 6) is 2.62. The monoisotopic (exact) mass is 357 g/mol. The second kappa shape index (κ2) is 6.52. The third-order valence-electron chi connectivity index (χ3n) is 6.96. The molecule has 1 saturated heterocycles. The number of oxazole rings is 1. The Labute approximate surface area is 156 Å². The number of rotatable bonds is 3. The molecule has 0 aromatic carbocycles. The van der Waals surface area contributed by atoms with Crippen molar-refractivity contribution >= 4 is 5.91 Å². The molecule has 0 spiro atoms. The van der Waals surface area contributed by atoms with Gasteiger partial charge in [0.05, 0.1) is 5.69 Å². The lowest BCUT2D eigenvalue weighted by Gasteiger charge is -2.57. The van der Waals surface area contributed by atoms with Crippen LogP contribution in [0.1, 0.15) is 55.2 Å². The second-order valence-corrected chi connectivity index (χ2v) is 8.89. The van der Waals surface area contributed by atoms with Gasteiger partial charge in [0, 0.05) is 39.6 Å². The summed E-state index contributed by atoms with van der Waals surface area (Å²) in [6, 6.07) is 0. The molecule has 1 aliphatic heterocycles. The van der Waals surface area contributed by atoms with Crippen LogP contribution in [0.2, 0.25) is 0 Å². The quantitative estimate of drug-likeness (QED) is 0.778. The van der Waals surface area contributed by atoms with E-state index in [4.69, 9.17) is 4.42 Å². The molecule has 5 heteroatoms. The lowest BCUT2D eigenvalue weighted by atomic mass is 9.49. The van der Waals surface area contributed by atoms with E-state index in [0.717, 1.165) is 51.0 Å². The molecule has 0 unspecified atom stereocenters. The Morgan fingerprint density at radius 1 is 1.27 bits per heavy atom. The Hall–Kier alpha value is -1.62. The molecule has 1 amide bonds. The van der Waals surface area contributed by atoms with Crippen molar-refractivity contribution in [2.75, 3.05) is 32.7 Å². The Bertz CT molecular complexity index is 734. The summed E-state index contributed by atoms with van der Waals surface area (Å²) in [5, 5.41) is 0. The fourth-order valence-corrected chi connectivity index (χ4v) is 5.12. The van der Waals surface area contributed by atoms with Crippen LogP contribution in [0.3, 0.4) is 0 Å². The van der Waals surface area contributed by atoms with Gasteiger partial charge in [-0.15, -0.1) is 0 Å². The van der Waals surface area contributed by atoms with E-state index in [2.05, 4.69) is 29.8 Å². The van der Waals surface area contributed by atoms with Crippen LogP contribution in [0, 0.1) is 31.1 Å². The van der Waals surface area contributed by atoms with E-state index in [0.29, 0.717) is 22.8 Å². The maximum atomic E-state index is 12.8. The third-order valence-corrected chi connectivity index (χ3v) is 6.96. The summed E-state index contributed by atoms with van der Waals surface area (Å²) in [5.41, 5.74) is 2.82. The van der Waals surface area contributed by atoms with Crippen LogP contribution in [0.25, 0.3) is 0 Å². The van der Waals surface area contributed by atoms with Gasteiger partial charge in [0.2, 0.25) is 5.76 Å². The number of fused-ring (bicyclic) bond motifs is 1. The van der Waals surface area contributed by atoms with Crippen molar-refractivity contribution in [2.24, 2.45) is 17.3 Å². The maximum Gasteiger partial charge on any atom is 0.291 e. The summed E-state index contributed by atoms with van der Waals surface area (Å²) in [4.78, 5) is 21.5. The predicted molar refractivity (Wildman–Crippen MR) is 101 cm³/mol. The van der Waals surface area contributed by atoms with E-state index in [1.807, 2.05) is 11.8 Å². The molecule has 3 aliphatic carbocycles. The number of carbonyl (C=O) groups is 1. The molecule has 1 aromatic heterocycles. The molecule has 0 radical (unpaired) electrons. The average molecular weight is 357 g/mol. The van der Waals surface area contributed by atoms with E-state index in [1.54, 1.807) is 12.5 Å². The number of nitrogens with zero attached hydrogens (tertiary/aromatic N) is 3. The summed E-state index contributed by atoms with van der Waals surface area (Å²) in [6.07, 6.45) is 6.14. The Morgan fingerprint density at radius 2 is 2.08 bits per heavy atom. The molecule has 0 N–H and O–H groups in total. The lowest BCUT2D eigenvalue weighted by molar-refractivity contribution is -0.0105. The summed E-state index contributed by atoms with van der Waals surface area (Å²) in [6.45, 7) is 13.1. The Morgan fingerprint density at radius 3 is 2.73 bits per heavy atom. The fourth-order valence-electron chi connectivity index (χ4n) is 5.12. The average Bonchev–Trinajstić information content (AvgIpc) is 2.80. The number of amides is 1. The van der Waals surface area contributed by atoms with Crippen LogP contribution in [0.4, 0.5) is 0 Å². The lowest BCUT2D eigenvalue weighted by Crippen LogP contribution is -2.50. The number of carbonyl (C=O) groups excluding carboxylic acids is 1. The van der Waals surface area contributed by atoms with E-state index in [9.17, 15) is 4.79 Å². The number of hydrogen-bond donors (Lipinski definition) is 0. The maximum absolute atomic E-state index is 12.8. The second-order valence-electron chi connectivity index (χ2n) is 8.89. The van der Waals surface area contributed by atoms with Crippen LogP contribution >= 0.6 is 0 Å². The fraction of sp³-hybridized carbons (Fsp3) is 0.714. The topological polar surface area (TPSA) is 49.6 Å². The van der Waals surface area contributed by atoms with Gasteiger partial charge in [0.15, 0.2) is 5.89 Å². The van der Waals surface area contributed by atoms with Gasteiger partial charge >= 0.3 is 0 Å². The molecule has 4 aliphatic rings. The third kappa shape index (κ3) is 3.00. The summed E-state index contributed by atoms with van der Waals surface area (Å²) >= 11 is 0. The Balaban J connectivity index is 1.37. The molecule has 2 bridgehead atoms.